The van der Waals surface area contributed by atoms with Crippen LogP contribution in [0.3, 0.4) is 0 Å². The first-order valence-electron chi connectivity index (χ1n) is 10.4. The number of amides is 1. The molecule has 32 heavy (non-hydrogen) atoms. The van der Waals surface area contributed by atoms with E-state index in [1.807, 2.05) is 13.0 Å². The van der Waals surface area contributed by atoms with E-state index in [4.69, 9.17) is 18.9 Å². The SMILES string of the molecule is CCOC(=O)N1c2cc(OC)c(OC)cc2[C@@H](NC(C(=O)OC)c2ccncc2)C[C@H]1C. The van der Waals surface area contributed by atoms with Gasteiger partial charge in [0, 0.05) is 30.5 Å². The standard InChI is InChI=1S/C23H29N3O6/c1-6-32-23(28)26-14(2)11-17(16-12-19(29-3)20(30-4)13-18(16)26)25-21(22(27)31-5)15-7-9-24-10-8-15/h7-10,12-14,17,21,25H,6,11H2,1-5H3/t14-,17+,21?/m1/s1. The maximum atomic E-state index is 12.8. The molecule has 0 radical (unpaired) electrons. The molecule has 3 atom stereocenters. The fraction of sp³-hybridized carbons (Fsp3) is 0.435. The Morgan fingerprint density at radius 3 is 2.41 bits per heavy atom. The van der Waals surface area contributed by atoms with Crippen LogP contribution >= 0.6 is 0 Å². The Bertz CT molecular complexity index is 952. The van der Waals surface area contributed by atoms with Gasteiger partial charge in [0.25, 0.3) is 0 Å². The van der Waals surface area contributed by atoms with Crippen LogP contribution in [0.2, 0.25) is 0 Å². The van der Waals surface area contributed by atoms with E-state index >= 15 is 0 Å². The molecular weight excluding hydrogens is 414 g/mol. The fourth-order valence-electron chi connectivity index (χ4n) is 3.99. The molecule has 1 N–H and O–H groups in total. The van der Waals surface area contributed by atoms with E-state index in [-0.39, 0.29) is 18.7 Å². The number of carbonyl (C=O) groups is 2. The predicted octanol–water partition coefficient (Wildman–Crippen LogP) is 3.40. The third-order valence-electron chi connectivity index (χ3n) is 5.49. The van der Waals surface area contributed by atoms with Crippen molar-refractivity contribution in [2.75, 3.05) is 32.8 Å². The highest BCUT2D eigenvalue weighted by atomic mass is 16.6. The largest absolute Gasteiger partial charge is 0.493 e. The monoisotopic (exact) mass is 443 g/mol. The van der Waals surface area contributed by atoms with E-state index in [9.17, 15) is 9.59 Å². The van der Waals surface area contributed by atoms with E-state index in [0.29, 0.717) is 23.6 Å². The summed E-state index contributed by atoms with van der Waals surface area (Å²) in [7, 11) is 4.44. The van der Waals surface area contributed by atoms with E-state index in [1.54, 1.807) is 49.5 Å². The number of methoxy groups -OCH3 is 3. The highest BCUT2D eigenvalue weighted by Gasteiger charge is 2.38. The molecule has 0 saturated heterocycles. The first-order chi connectivity index (χ1) is 15.4. The molecule has 0 fully saturated rings. The summed E-state index contributed by atoms with van der Waals surface area (Å²) in [6.07, 6.45) is 3.35. The summed E-state index contributed by atoms with van der Waals surface area (Å²) in [6, 6.07) is 5.92. The van der Waals surface area contributed by atoms with Gasteiger partial charge < -0.3 is 18.9 Å². The zero-order chi connectivity index (χ0) is 23.3. The molecule has 172 valence electrons. The summed E-state index contributed by atoms with van der Waals surface area (Å²) in [4.78, 5) is 31.0. The van der Waals surface area contributed by atoms with Gasteiger partial charge in [0.05, 0.1) is 33.6 Å². The van der Waals surface area contributed by atoms with E-state index in [0.717, 1.165) is 11.1 Å². The van der Waals surface area contributed by atoms with Crippen molar-refractivity contribution in [2.45, 2.75) is 38.4 Å². The van der Waals surface area contributed by atoms with Gasteiger partial charge in [-0.1, -0.05) is 0 Å². The predicted molar refractivity (Wildman–Crippen MR) is 118 cm³/mol. The van der Waals surface area contributed by atoms with Crippen molar-refractivity contribution < 1.29 is 28.5 Å². The Morgan fingerprint density at radius 1 is 1.16 bits per heavy atom. The Morgan fingerprint density at radius 2 is 1.81 bits per heavy atom. The average Bonchev–Trinajstić information content (AvgIpc) is 2.81. The molecular formula is C23H29N3O6. The minimum absolute atomic E-state index is 0.201. The number of ether oxygens (including phenoxy) is 4. The lowest BCUT2D eigenvalue weighted by Crippen LogP contribution is -2.47. The highest BCUT2D eigenvalue weighted by molar-refractivity contribution is 5.91. The summed E-state index contributed by atoms with van der Waals surface area (Å²) in [5.74, 6) is 0.598. The normalized spacial score (nSPS) is 18.3. The van der Waals surface area contributed by atoms with E-state index < -0.39 is 18.1 Å². The van der Waals surface area contributed by atoms with Crippen molar-refractivity contribution in [3.05, 3.63) is 47.8 Å². The zero-order valence-electron chi connectivity index (χ0n) is 19.0. The maximum Gasteiger partial charge on any atom is 0.414 e. The number of anilines is 1. The average molecular weight is 444 g/mol. The molecule has 3 rings (SSSR count). The molecule has 0 aliphatic carbocycles. The molecule has 1 aromatic carbocycles. The highest BCUT2D eigenvalue weighted by Crippen LogP contribution is 2.44. The van der Waals surface area contributed by atoms with Gasteiger partial charge in [0.15, 0.2) is 11.5 Å². The van der Waals surface area contributed by atoms with Gasteiger partial charge in [0.2, 0.25) is 0 Å². The number of hydrogen-bond acceptors (Lipinski definition) is 8. The second-order valence-corrected chi connectivity index (χ2v) is 7.38. The summed E-state index contributed by atoms with van der Waals surface area (Å²) in [5, 5.41) is 3.41. The van der Waals surface area contributed by atoms with Crippen molar-refractivity contribution in [1.82, 2.24) is 10.3 Å². The Balaban J connectivity index is 2.08. The van der Waals surface area contributed by atoms with Gasteiger partial charge in [-0.25, -0.2) is 9.59 Å². The van der Waals surface area contributed by atoms with Gasteiger partial charge in [-0.15, -0.1) is 0 Å². The molecule has 2 heterocycles. The summed E-state index contributed by atoms with van der Waals surface area (Å²) in [5.41, 5.74) is 2.15. The minimum Gasteiger partial charge on any atom is -0.493 e. The number of esters is 1. The third-order valence-corrected chi connectivity index (χ3v) is 5.49. The number of aromatic nitrogens is 1. The van der Waals surface area contributed by atoms with E-state index in [2.05, 4.69) is 10.3 Å². The number of hydrogen-bond donors (Lipinski definition) is 1. The number of benzene rings is 1. The topological polar surface area (TPSA) is 99.2 Å². The molecule has 0 bridgehead atoms. The summed E-state index contributed by atoms with van der Waals surface area (Å²) < 4.78 is 21.3. The van der Waals surface area contributed by atoms with Crippen LogP contribution in [0.5, 0.6) is 11.5 Å². The zero-order valence-corrected chi connectivity index (χ0v) is 19.0. The minimum atomic E-state index is -0.713. The van der Waals surface area contributed by atoms with Gasteiger partial charge in [-0.05, 0) is 49.6 Å². The molecule has 1 unspecified atom stereocenters. The van der Waals surface area contributed by atoms with Crippen molar-refractivity contribution in [1.29, 1.82) is 0 Å². The molecule has 1 aromatic heterocycles. The van der Waals surface area contributed by atoms with Gasteiger partial charge in [-0.3, -0.25) is 15.2 Å². The maximum absolute atomic E-state index is 12.8. The summed E-state index contributed by atoms with van der Waals surface area (Å²) in [6.45, 7) is 3.96. The van der Waals surface area contributed by atoms with Crippen LogP contribution in [0.25, 0.3) is 0 Å². The third kappa shape index (κ3) is 4.62. The fourth-order valence-corrected chi connectivity index (χ4v) is 3.99. The van der Waals surface area contributed by atoms with Crippen LogP contribution in [0.1, 0.15) is 43.5 Å². The van der Waals surface area contributed by atoms with Gasteiger partial charge >= 0.3 is 12.1 Å². The lowest BCUT2D eigenvalue weighted by atomic mass is 9.90. The quantitative estimate of drug-likeness (QED) is 0.650. The smallest absolute Gasteiger partial charge is 0.414 e. The lowest BCUT2D eigenvalue weighted by molar-refractivity contribution is -0.143. The van der Waals surface area contributed by atoms with Gasteiger partial charge in [0.1, 0.15) is 6.04 Å². The van der Waals surface area contributed by atoms with Crippen molar-refractivity contribution >= 4 is 17.7 Å². The number of fused-ring (bicyclic) bond motifs is 1. The second-order valence-electron chi connectivity index (χ2n) is 7.38. The number of nitrogens with zero attached hydrogens (tertiary/aromatic N) is 2. The molecule has 1 amide bonds. The van der Waals surface area contributed by atoms with Crippen LogP contribution in [-0.4, -0.2) is 51.0 Å². The number of nitrogens with one attached hydrogen (secondary N) is 1. The van der Waals surface area contributed by atoms with Crippen LogP contribution in [-0.2, 0) is 14.3 Å². The molecule has 0 saturated carbocycles. The number of carbonyl (C=O) groups excluding carboxylic acids is 2. The van der Waals surface area contributed by atoms with Crippen LogP contribution in [0.4, 0.5) is 10.5 Å². The van der Waals surface area contributed by atoms with Crippen molar-refractivity contribution in [3.63, 3.8) is 0 Å². The first kappa shape index (κ1) is 23.3. The first-order valence-corrected chi connectivity index (χ1v) is 10.4. The molecule has 9 nitrogen and oxygen atoms in total. The van der Waals surface area contributed by atoms with Crippen molar-refractivity contribution in [3.8, 4) is 11.5 Å². The van der Waals surface area contributed by atoms with Crippen LogP contribution < -0.4 is 19.7 Å². The van der Waals surface area contributed by atoms with Gasteiger partial charge in [-0.2, -0.15) is 0 Å². The Labute approximate surface area is 187 Å². The molecule has 9 heteroatoms. The Hall–Kier alpha value is -3.33. The number of rotatable bonds is 7. The summed E-state index contributed by atoms with van der Waals surface area (Å²) >= 11 is 0. The molecule has 0 spiro atoms. The molecule has 1 aliphatic rings. The lowest BCUT2D eigenvalue weighted by Gasteiger charge is -2.40. The van der Waals surface area contributed by atoms with Crippen LogP contribution in [0, 0.1) is 0 Å². The Kier molecular flexibility index (Phi) is 7.53. The second kappa shape index (κ2) is 10.3. The van der Waals surface area contributed by atoms with Crippen molar-refractivity contribution in [2.24, 2.45) is 0 Å². The number of pyridine rings is 1. The molecule has 1 aliphatic heterocycles. The van der Waals surface area contributed by atoms with Crippen LogP contribution in [0.15, 0.2) is 36.7 Å². The van der Waals surface area contributed by atoms with E-state index in [1.165, 1.54) is 14.2 Å². The molecule has 2 aromatic rings.